The average molecular weight is 331 g/mol. The molecule has 0 radical (unpaired) electrons. The van der Waals surface area contributed by atoms with Crippen molar-refractivity contribution in [2.75, 3.05) is 14.2 Å². The van der Waals surface area contributed by atoms with Crippen LogP contribution in [-0.2, 0) is 25.7 Å². The molecule has 3 nitrogen and oxygen atoms in total. The predicted molar refractivity (Wildman–Crippen MR) is 99.6 cm³/mol. The first kappa shape index (κ1) is 14.6. The Hall–Kier alpha value is -2.68. The lowest BCUT2D eigenvalue weighted by atomic mass is 9.84. The molecule has 2 aliphatic rings. The van der Waals surface area contributed by atoms with Crippen molar-refractivity contribution in [1.82, 2.24) is 4.98 Å². The van der Waals surface area contributed by atoms with Gasteiger partial charge in [-0.15, -0.1) is 0 Å². The molecule has 5 rings (SSSR count). The third-order valence-corrected chi connectivity index (χ3v) is 5.67. The van der Waals surface area contributed by atoms with Gasteiger partial charge in [0, 0.05) is 22.5 Å². The summed E-state index contributed by atoms with van der Waals surface area (Å²) in [6, 6.07) is 12.9. The molecule has 1 heterocycles. The first-order chi connectivity index (χ1) is 12.3. The minimum Gasteiger partial charge on any atom is -0.497 e. The van der Waals surface area contributed by atoms with Crippen LogP contribution in [-0.4, -0.2) is 19.2 Å². The van der Waals surface area contributed by atoms with Crippen LogP contribution >= 0.6 is 0 Å². The molecule has 0 aliphatic heterocycles. The maximum Gasteiger partial charge on any atom is 0.119 e. The third-order valence-electron chi connectivity index (χ3n) is 5.67. The number of benzene rings is 2. The second-order valence-corrected chi connectivity index (χ2v) is 6.88. The van der Waals surface area contributed by atoms with E-state index in [2.05, 4.69) is 41.4 Å². The van der Waals surface area contributed by atoms with Crippen LogP contribution in [0.15, 0.2) is 36.4 Å². The molecule has 2 aromatic carbocycles. The summed E-state index contributed by atoms with van der Waals surface area (Å²) in [6.45, 7) is 0. The summed E-state index contributed by atoms with van der Waals surface area (Å²) in [4.78, 5) is 3.76. The van der Waals surface area contributed by atoms with Gasteiger partial charge in [0.05, 0.1) is 14.2 Å². The minimum atomic E-state index is 0.941. The van der Waals surface area contributed by atoms with E-state index in [1.807, 2.05) is 0 Å². The van der Waals surface area contributed by atoms with Crippen LogP contribution in [0.4, 0.5) is 0 Å². The summed E-state index contributed by atoms with van der Waals surface area (Å²) in [5, 5.41) is 0. The lowest BCUT2D eigenvalue weighted by molar-refractivity contribution is 0.414. The number of hydrogen-bond donors (Lipinski definition) is 1. The van der Waals surface area contributed by atoms with Crippen molar-refractivity contribution in [3.8, 4) is 34.0 Å². The molecule has 0 atom stereocenters. The number of ether oxygens (including phenoxy) is 2. The van der Waals surface area contributed by atoms with Crippen molar-refractivity contribution in [2.45, 2.75) is 25.7 Å². The van der Waals surface area contributed by atoms with Crippen molar-refractivity contribution >= 4 is 0 Å². The standard InChI is InChI=1S/C22H21NO2/c1-24-15-5-9-17-13(11-15)3-7-19-20-8-4-14-12-16(25-2)6-10-18(14)22(20)23-21(17)19/h5-6,9-12,23H,3-4,7-8H2,1-2H3. The van der Waals surface area contributed by atoms with E-state index in [9.17, 15) is 0 Å². The molecule has 0 bridgehead atoms. The molecule has 0 fully saturated rings. The van der Waals surface area contributed by atoms with Crippen LogP contribution in [0.25, 0.3) is 22.5 Å². The largest absolute Gasteiger partial charge is 0.497 e. The monoisotopic (exact) mass is 331 g/mol. The van der Waals surface area contributed by atoms with Gasteiger partial charge in [0.25, 0.3) is 0 Å². The maximum absolute atomic E-state index is 5.40. The van der Waals surface area contributed by atoms with Gasteiger partial charge in [-0.2, -0.15) is 0 Å². The molecular formula is C22H21NO2. The maximum atomic E-state index is 5.40. The topological polar surface area (TPSA) is 34.2 Å². The van der Waals surface area contributed by atoms with Gasteiger partial charge in [-0.3, -0.25) is 0 Å². The number of aromatic amines is 1. The Labute approximate surface area is 147 Å². The van der Waals surface area contributed by atoms with Crippen molar-refractivity contribution in [2.24, 2.45) is 0 Å². The molecule has 3 aromatic rings. The lowest BCUT2D eigenvalue weighted by Crippen LogP contribution is -2.07. The minimum absolute atomic E-state index is 0.941. The van der Waals surface area contributed by atoms with E-state index in [0.717, 1.165) is 37.2 Å². The summed E-state index contributed by atoms with van der Waals surface area (Å²) >= 11 is 0. The number of hydrogen-bond acceptors (Lipinski definition) is 2. The summed E-state index contributed by atoms with van der Waals surface area (Å²) in [5.41, 5.74) is 11.0. The molecule has 0 saturated carbocycles. The van der Waals surface area contributed by atoms with Gasteiger partial charge >= 0.3 is 0 Å². The molecule has 0 spiro atoms. The van der Waals surface area contributed by atoms with Crippen molar-refractivity contribution in [3.63, 3.8) is 0 Å². The number of aromatic nitrogens is 1. The Morgan fingerprint density at radius 3 is 1.60 bits per heavy atom. The van der Waals surface area contributed by atoms with E-state index in [0.29, 0.717) is 0 Å². The van der Waals surface area contributed by atoms with Gasteiger partial charge in [-0.1, -0.05) is 0 Å². The van der Waals surface area contributed by atoms with E-state index in [1.54, 1.807) is 14.2 Å². The average Bonchev–Trinajstić information content (AvgIpc) is 3.06. The van der Waals surface area contributed by atoms with Crippen LogP contribution in [0.3, 0.4) is 0 Å². The molecule has 0 amide bonds. The SMILES string of the molecule is COc1ccc2c(c1)CCc1c-2[nH]c2c1CCc1cc(OC)ccc1-2. The van der Waals surface area contributed by atoms with Crippen molar-refractivity contribution in [1.29, 1.82) is 0 Å². The highest BCUT2D eigenvalue weighted by Gasteiger charge is 2.28. The van der Waals surface area contributed by atoms with E-state index >= 15 is 0 Å². The molecule has 1 aromatic heterocycles. The molecule has 1 N–H and O–H groups in total. The predicted octanol–water partition coefficient (Wildman–Crippen LogP) is 4.56. The quantitative estimate of drug-likeness (QED) is 0.747. The zero-order chi connectivity index (χ0) is 17.0. The third kappa shape index (κ3) is 2.12. The van der Waals surface area contributed by atoms with Gasteiger partial charge in [-0.05, 0) is 84.3 Å². The van der Waals surface area contributed by atoms with Crippen molar-refractivity contribution < 1.29 is 9.47 Å². The normalized spacial score (nSPS) is 14.2. The first-order valence-corrected chi connectivity index (χ1v) is 8.87. The van der Waals surface area contributed by atoms with Crippen molar-refractivity contribution in [3.05, 3.63) is 58.7 Å². The van der Waals surface area contributed by atoms with Crippen LogP contribution < -0.4 is 9.47 Å². The van der Waals surface area contributed by atoms with Gasteiger partial charge < -0.3 is 14.5 Å². The fraction of sp³-hybridized carbons (Fsp3) is 0.273. The zero-order valence-corrected chi connectivity index (χ0v) is 14.6. The molecule has 126 valence electrons. The number of fused-ring (bicyclic) bond motifs is 7. The van der Waals surface area contributed by atoms with E-state index in [1.165, 1.54) is 44.8 Å². The molecule has 0 unspecified atom stereocenters. The highest BCUT2D eigenvalue weighted by molar-refractivity contribution is 5.81. The first-order valence-electron chi connectivity index (χ1n) is 8.87. The lowest BCUT2D eigenvalue weighted by Gasteiger charge is -2.20. The summed E-state index contributed by atoms with van der Waals surface area (Å²) < 4.78 is 10.8. The number of aryl methyl sites for hydroxylation is 2. The Kier molecular flexibility index (Phi) is 3.17. The summed E-state index contributed by atoms with van der Waals surface area (Å²) in [6.07, 6.45) is 4.37. The Morgan fingerprint density at radius 1 is 0.680 bits per heavy atom. The molecule has 3 heteroatoms. The number of rotatable bonds is 2. The van der Waals surface area contributed by atoms with Crippen LogP contribution in [0, 0.1) is 0 Å². The highest BCUT2D eigenvalue weighted by atomic mass is 16.5. The van der Waals surface area contributed by atoms with Gasteiger partial charge in [-0.25, -0.2) is 0 Å². The van der Waals surface area contributed by atoms with Crippen LogP contribution in [0.2, 0.25) is 0 Å². The van der Waals surface area contributed by atoms with Gasteiger partial charge in [0.2, 0.25) is 0 Å². The van der Waals surface area contributed by atoms with E-state index in [-0.39, 0.29) is 0 Å². The molecule has 25 heavy (non-hydrogen) atoms. The fourth-order valence-corrected chi connectivity index (χ4v) is 4.40. The smallest absolute Gasteiger partial charge is 0.119 e. The van der Waals surface area contributed by atoms with Gasteiger partial charge in [0.15, 0.2) is 0 Å². The number of methoxy groups -OCH3 is 2. The second kappa shape index (κ2) is 5.41. The van der Waals surface area contributed by atoms with Crippen LogP contribution in [0.5, 0.6) is 11.5 Å². The fourth-order valence-electron chi connectivity index (χ4n) is 4.40. The summed E-state index contributed by atoms with van der Waals surface area (Å²) in [5.74, 6) is 1.88. The zero-order valence-electron chi connectivity index (χ0n) is 14.6. The van der Waals surface area contributed by atoms with E-state index < -0.39 is 0 Å². The summed E-state index contributed by atoms with van der Waals surface area (Å²) in [7, 11) is 3.46. The Balaban J connectivity index is 1.67. The number of H-pyrrole nitrogens is 1. The van der Waals surface area contributed by atoms with E-state index in [4.69, 9.17) is 9.47 Å². The Morgan fingerprint density at radius 2 is 1.16 bits per heavy atom. The second-order valence-electron chi connectivity index (χ2n) is 6.88. The molecule has 0 saturated heterocycles. The molecule has 2 aliphatic carbocycles. The van der Waals surface area contributed by atoms with Crippen LogP contribution in [0.1, 0.15) is 22.3 Å². The number of nitrogens with one attached hydrogen (secondary N) is 1. The van der Waals surface area contributed by atoms with Gasteiger partial charge in [0.1, 0.15) is 11.5 Å². The highest BCUT2D eigenvalue weighted by Crippen LogP contribution is 2.44. The Bertz CT molecular complexity index is 906. The molecular weight excluding hydrogens is 310 g/mol.